The van der Waals surface area contributed by atoms with Crippen LogP contribution in [0, 0.1) is 0 Å². The van der Waals surface area contributed by atoms with Gasteiger partial charge >= 0.3 is 0 Å². The Morgan fingerprint density at radius 2 is 2.09 bits per heavy atom. The lowest BCUT2D eigenvalue weighted by Gasteiger charge is -2.29. The number of aliphatic hydroxyl groups excluding tert-OH is 1. The molecule has 1 saturated heterocycles. The minimum atomic E-state index is -0.624. The Morgan fingerprint density at radius 1 is 1.21 bits per heavy atom. The van der Waals surface area contributed by atoms with E-state index in [-0.39, 0.29) is 50.1 Å². The third-order valence-electron chi connectivity index (χ3n) is 5.93. The van der Waals surface area contributed by atoms with Crippen LogP contribution in [0.25, 0.3) is 0 Å². The average molecular weight is 477 g/mol. The quantitative estimate of drug-likeness (QED) is 0.434. The second-order valence-electron chi connectivity index (χ2n) is 8.33. The largest absolute Gasteiger partial charge is 0.459 e. The number of carbonyl (C=O) groups is 2. The van der Waals surface area contributed by atoms with E-state index < -0.39 is 6.29 Å². The number of ether oxygens (including phenoxy) is 5. The summed E-state index contributed by atoms with van der Waals surface area (Å²) in [5, 5.41) is 11.7. The van der Waals surface area contributed by atoms with E-state index in [4.69, 9.17) is 28.8 Å². The van der Waals surface area contributed by atoms with Gasteiger partial charge in [0.15, 0.2) is 17.3 Å². The van der Waals surface area contributed by atoms with Gasteiger partial charge in [0.05, 0.1) is 26.4 Å². The van der Waals surface area contributed by atoms with E-state index in [2.05, 4.69) is 5.32 Å². The van der Waals surface area contributed by atoms with Crippen molar-refractivity contribution in [1.29, 1.82) is 0 Å². The third kappa shape index (κ3) is 6.40. The van der Waals surface area contributed by atoms with Crippen LogP contribution in [0.2, 0.25) is 0 Å². The molecule has 4 rings (SSSR count). The van der Waals surface area contributed by atoms with Gasteiger partial charge in [0.2, 0.25) is 19.0 Å². The molecule has 2 unspecified atom stereocenters. The Bertz CT molecular complexity index is 890. The van der Waals surface area contributed by atoms with Gasteiger partial charge < -0.3 is 39.0 Å². The van der Waals surface area contributed by atoms with Gasteiger partial charge in [-0.25, -0.2) is 0 Å². The smallest absolute Gasteiger partial charge is 0.286 e. The van der Waals surface area contributed by atoms with Gasteiger partial charge in [-0.3, -0.25) is 9.59 Å². The number of nitrogens with zero attached hydrogens (tertiary/aromatic N) is 1. The van der Waals surface area contributed by atoms with Crippen molar-refractivity contribution in [3.8, 4) is 11.5 Å². The fourth-order valence-corrected chi connectivity index (χ4v) is 4.20. The highest BCUT2D eigenvalue weighted by molar-refractivity contribution is 5.91. The molecule has 0 aliphatic carbocycles. The summed E-state index contributed by atoms with van der Waals surface area (Å²) in [6, 6.07) is 5.72. The summed E-state index contributed by atoms with van der Waals surface area (Å²) in [6.07, 6.45) is 3.90. The fraction of sp³-hybridized carbons (Fsp3) is 0.583. The number of hydrogen-bond acceptors (Lipinski definition) is 8. The van der Waals surface area contributed by atoms with Gasteiger partial charge in [-0.05, 0) is 36.6 Å². The van der Waals surface area contributed by atoms with Crippen LogP contribution in [0.5, 0.6) is 11.5 Å². The summed E-state index contributed by atoms with van der Waals surface area (Å²) in [7, 11) is 0. The van der Waals surface area contributed by atoms with Gasteiger partial charge in [0, 0.05) is 38.4 Å². The van der Waals surface area contributed by atoms with Gasteiger partial charge in [0.1, 0.15) is 0 Å². The van der Waals surface area contributed by atoms with Crippen molar-refractivity contribution in [3.63, 3.8) is 0 Å². The molecule has 0 bridgehead atoms. The lowest BCUT2D eigenvalue weighted by atomic mass is 9.92. The SMILES string of the molecule is O=C(NCCCN1CCCC1=O)C1=CC(c2ccc3c(c2)OCO3)CC(OCCOCCO)O1. The Kier molecular flexibility index (Phi) is 8.62. The molecule has 1 fully saturated rings. The minimum Gasteiger partial charge on any atom is -0.459 e. The molecule has 10 nitrogen and oxygen atoms in total. The number of hydrogen-bond donors (Lipinski definition) is 2. The predicted octanol–water partition coefficient (Wildman–Crippen LogP) is 1.28. The summed E-state index contributed by atoms with van der Waals surface area (Å²) in [5.41, 5.74) is 0.968. The minimum absolute atomic E-state index is 0.0505. The monoisotopic (exact) mass is 476 g/mol. The molecular weight excluding hydrogens is 444 g/mol. The average Bonchev–Trinajstić information content (AvgIpc) is 3.49. The zero-order chi connectivity index (χ0) is 23.8. The molecule has 186 valence electrons. The Labute approximate surface area is 198 Å². The standard InChI is InChI=1S/C24H32N2O8/c27-9-10-30-11-12-31-23-15-18(17-4-5-19-20(13-17)33-16-32-19)14-21(34-23)24(29)25-6-2-8-26-7-1-3-22(26)28/h4-5,13-14,18,23,27H,1-3,6-12,15-16H2,(H,25,29). The molecule has 2 N–H and O–H groups in total. The van der Waals surface area contributed by atoms with Crippen molar-refractivity contribution in [2.24, 2.45) is 0 Å². The van der Waals surface area contributed by atoms with Crippen molar-refractivity contribution in [2.45, 2.75) is 37.9 Å². The van der Waals surface area contributed by atoms with Crippen molar-refractivity contribution in [1.82, 2.24) is 10.2 Å². The summed E-state index contributed by atoms with van der Waals surface area (Å²) >= 11 is 0. The van der Waals surface area contributed by atoms with Gasteiger partial charge in [-0.1, -0.05) is 6.07 Å². The van der Waals surface area contributed by atoms with Crippen LogP contribution in [0.15, 0.2) is 30.0 Å². The second kappa shape index (κ2) is 12.0. The highest BCUT2D eigenvalue weighted by Gasteiger charge is 2.30. The van der Waals surface area contributed by atoms with Crippen LogP contribution < -0.4 is 14.8 Å². The molecule has 1 aromatic carbocycles. The first-order chi connectivity index (χ1) is 16.6. The van der Waals surface area contributed by atoms with E-state index in [1.165, 1.54) is 0 Å². The first kappa shape index (κ1) is 24.3. The summed E-state index contributed by atoms with van der Waals surface area (Å²) in [4.78, 5) is 26.4. The van der Waals surface area contributed by atoms with E-state index in [0.717, 1.165) is 18.5 Å². The van der Waals surface area contributed by atoms with Gasteiger partial charge in [0.25, 0.3) is 5.91 Å². The van der Waals surface area contributed by atoms with Crippen LogP contribution in [0.1, 0.15) is 37.2 Å². The maximum atomic E-state index is 12.8. The van der Waals surface area contributed by atoms with Crippen molar-refractivity contribution < 1.29 is 38.4 Å². The van der Waals surface area contributed by atoms with Gasteiger partial charge in [-0.15, -0.1) is 0 Å². The Balaban J connectivity index is 1.36. The number of likely N-dealkylation sites (tertiary alicyclic amines) is 1. The summed E-state index contributed by atoms with van der Waals surface area (Å²) < 4.78 is 27.8. The number of aliphatic hydroxyl groups is 1. The molecule has 0 spiro atoms. The van der Waals surface area contributed by atoms with Crippen molar-refractivity contribution >= 4 is 11.8 Å². The molecule has 2 atom stereocenters. The van der Waals surface area contributed by atoms with Crippen LogP contribution in [-0.2, 0) is 23.8 Å². The number of allylic oxidation sites excluding steroid dienone is 1. The topological polar surface area (TPSA) is 116 Å². The van der Waals surface area contributed by atoms with Crippen LogP contribution in [-0.4, -0.2) is 81.0 Å². The van der Waals surface area contributed by atoms with E-state index in [0.29, 0.717) is 50.5 Å². The number of fused-ring (bicyclic) bond motifs is 1. The van der Waals surface area contributed by atoms with E-state index in [9.17, 15) is 9.59 Å². The molecule has 34 heavy (non-hydrogen) atoms. The molecule has 0 radical (unpaired) electrons. The lowest BCUT2D eigenvalue weighted by molar-refractivity contribution is -0.151. The summed E-state index contributed by atoms with van der Waals surface area (Å²) in [5.74, 6) is 1.32. The Hall–Kier alpha value is -2.82. The summed E-state index contributed by atoms with van der Waals surface area (Å²) in [6.45, 7) is 2.85. The molecule has 2 amide bonds. The molecule has 0 saturated carbocycles. The fourth-order valence-electron chi connectivity index (χ4n) is 4.20. The first-order valence-electron chi connectivity index (χ1n) is 11.8. The second-order valence-corrected chi connectivity index (χ2v) is 8.33. The van der Waals surface area contributed by atoms with E-state index in [1.54, 1.807) is 6.08 Å². The molecule has 10 heteroatoms. The highest BCUT2D eigenvalue weighted by atomic mass is 16.7. The molecular formula is C24H32N2O8. The first-order valence-corrected chi connectivity index (χ1v) is 11.8. The maximum Gasteiger partial charge on any atom is 0.286 e. The molecule has 3 aliphatic rings. The number of amides is 2. The zero-order valence-electron chi connectivity index (χ0n) is 19.2. The number of benzene rings is 1. The Morgan fingerprint density at radius 3 is 2.91 bits per heavy atom. The third-order valence-corrected chi connectivity index (χ3v) is 5.93. The van der Waals surface area contributed by atoms with E-state index >= 15 is 0 Å². The maximum absolute atomic E-state index is 12.8. The lowest BCUT2D eigenvalue weighted by Crippen LogP contribution is -2.35. The number of nitrogens with one attached hydrogen (secondary N) is 1. The number of rotatable bonds is 12. The number of carbonyl (C=O) groups excluding carboxylic acids is 2. The predicted molar refractivity (Wildman–Crippen MR) is 120 cm³/mol. The molecule has 1 aromatic rings. The zero-order valence-corrected chi connectivity index (χ0v) is 19.2. The molecule has 0 aromatic heterocycles. The van der Waals surface area contributed by atoms with Gasteiger partial charge in [-0.2, -0.15) is 0 Å². The molecule has 3 heterocycles. The van der Waals surface area contributed by atoms with Crippen LogP contribution in [0.4, 0.5) is 0 Å². The van der Waals surface area contributed by atoms with Crippen LogP contribution >= 0.6 is 0 Å². The highest BCUT2D eigenvalue weighted by Crippen LogP contribution is 2.38. The normalized spacial score (nSPS) is 21.4. The van der Waals surface area contributed by atoms with Crippen molar-refractivity contribution in [2.75, 3.05) is 52.9 Å². The van der Waals surface area contributed by atoms with Crippen LogP contribution in [0.3, 0.4) is 0 Å². The van der Waals surface area contributed by atoms with Crippen molar-refractivity contribution in [3.05, 3.63) is 35.6 Å². The molecule has 3 aliphatic heterocycles. The van der Waals surface area contributed by atoms with E-state index in [1.807, 2.05) is 23.1 Å².